The predicted molar refractivity (Wildman–Crippen MR) is 125 cm³/mol. The summed E-state index contributed by atoms with van der Waals surface area (Å²) >= 11 is 1.27. The van der Waals surface area contributed by atoms with Crippen LogP contribution in [0.2, 0.25) is 0 Å². The van der Waals surface area contributed by atoms with Crippen LogP contribution in [-0.4, -0.2) is 34.9 Å². The number of nitrogens with zero attached hydrogens (tertiary/aromatic N) is 3. The van der Waals surface area contributed by atoms with Gasteiger partial charge in [-0.1, -0.05) is 43.4 Å². The lowest BCUT2D eigenvalue weighted by Gasteiger charge is -2.24. The van der Waals surface area contributed by atoms with E-state index in [1.807, 2.05) is 42.5 Å². The number of fused-ring (bicyclic) bond motifs is 2. The van der Waals surface area contributed by atoms with Gasteiger partial charge in [0.05, 0.1) is 18.2 Å². The average Bonchev–Trinajstić information content (AvgIpc) is 3.37. The fourth-order valence-corrected chi connectivity index (χ4v) is 4.35. The van der Waals surface area contributed by atoms with E-state index in [1.54, 1.807) is 13.2 Å². The van der Waals surface area contributed by atoms with E-state index >= 15 is 0 Å². The predicted octanol–water partition coefficient (Wildman–Crippen LogP) is 3.25. The van der Waals surface area contributed by atoms with Gasteiger partial charge < -0.3 is 18.9 Å². The maximum Gasteiger partial charge on any atom is 0.291 e. The summed E-state index contributed by atoms with van der Waals surface area (Å²) in [6.07, 6.45) is 1.33. The second-order valence-corrected chi connectivity index (χ2v) is 9.07. The molecule has 1 aliphatic rings. The number of para-hydroxylation sites is 2. The van der Waals surface area contributed by atoms with E-state index in [0.29, 0.717) is 50.8 Å². The molecule has 0 fully saturated rings. The van der Waals surface area contributed by atoms with E-state index < -0.39 is 6.10 Å². The Balaban J connectivity index is 1.42. The highest BCUT2D eigenvalue weighted by molar-refractivity contribution is 7.15. The van der Waals surface area contributed by atoms with Gasteiger partial charge in [-0.05, 0) is 41.8 Å². The molecule has 2 aromatic carbocycles. The molecule has 0 saturated carbocycles. The summed E-state index contributed by atoms with van der Waals surface area (Å²) in [5.74, 6) is 3.45. The summed E-state index contributed by atoms with van der Waals surface area (Å²) < 4.78 is 24.8. The molecule has 33 heavy (non-hydrogen) atoms. The van der Waals surface area contributed by atoms with Gasteiger partial charge in [0.2, 0.25) is 4.96 Å². The van der Waals surface area contributed by atoms with Crippen LogP contribution < -0.4 is 29.0 Å². The largest absolute Gasteiger partial charge is 0.493 e. The van der Waals surface area contributed by atoms with Gasteiger partial charge >= 0.3 is 0 Å². The Morgan fingerprint density at radius 1 is 1.21 bits per heavy atom. The van der Waals surface area contributed by atoms with Crippen LogP contribution in [0.25, 0.3) is 11.0 Å². The molecule has 0 unspecified atom stereocenters. The number of hydrogen-bond donors (Lipinski definition) is 0. The van der Waals surface area contributed by atoms with Gasteiger partial charge in [0.15, 0.2) is 34.9 Å². The van der Waals surface area contributed by atoms with Crippen molar-refractivity contribution in [3.63, 3.8) is 0 Å². The highest BCUT2D eigenvalue weighted by Gasteiger charge is 2.27. The first-order valence-corrected chi connectivity index (χ1v) is 11.4. The van der Waals surface area contributed by atoms with Crippen molar-refractivity contribution in [3.05, 3.63) is 68.7 Å². The molecule has 0 aliphatic carbocycles. The van der Waals surface area contributed by atoms with Crippen molar-refractivity contribution >= 4 is 22.4 Å². The summed E-state index contributed by atoms with van der Waals surface area (Å²) in [5.41, 5.74) is 0.594. The molecule has 8 nitrogen and oxygen atoms in total. The second-order valence-electron chi connectivity index (χ2n) is 8.06. The first kappa shape index (κ1) is 21.3. The second kappa shape index (κ2) is 8.74. The molecule has 3 heterocycles. The summed E-state index contributed by atoms with van der Waals surface area (Å²) in [6, 6.07) is 13.0. The molecule has 170 valence electrons. The van der Waals surface area contributed by atoms with Gasteiger partial charge in [-0.25, -0.2) is 0 Å². The quantitative estimate of drug-likeness (QED) is 0.432. The van der Waals surface area contributed by atoms with Crippen LogP contribution in [0.1, 0.15) is 31.3 Å². The van der Waals surface area contributed by atoms with Gasteiger partial charge in [0.1, 0.15) is 6.61 Å². The van der Waals surface area contributed by atoms with Crippen molar-refractivity contribution < 1.29 is 18.9 Å². The van der Waals surface area contributed by atoms with E-state index in [1.165, 1.54) is 15.9 Å². The molecular formula is C24H23N3O5S. The minimum atomic E-state index is -0.471. The van der Waals surface area contributed by atoms with Gasteiger partial charge in [-0.15, -0.1) is 5.10 Å². The fourth-order valence-electron chi connectivity index (χ4n) is 3.43. The lowest BCUT2D eigenvalue weighted by Crippen LogP contribution is -2.26. The number of ether oxygens (including phenoxy) is 4. The lowest BCUT2D eigenvalue weighted by molar-refractivity contribution is 0.0852. The van der Waals surface area contributed by atoms with E-state index in [2.05, 4.69) is 23.9 Å². The third-order valence-corrected chi connectivity index (χ3v) is 6.01. The zero-order valence-electron chi connectivity index (χ0n) is 18.5. The summed E-state index contributed by atoms with van der Waals surface area (Å²) in [7, 11) is 1.60. The number of methoxy groups -OCH3 is 1. The fraction of sp³-hybridized carbons (Fsp3) is 0.292. The first-order valence-electron chi connectivity index (χ1n) is 10.6. The third-order valence-electron chi connectivity index (χ3n) is 5.05. The van der Waals surface area contributed by atoms with Crippen molar-refractivity contribution in [3.8, 4) is 23.0 Å². The molecule has 0 N–H and O–H groups in total. The Kier molecular flexibility index (Phi) is 5.63. The topological polar surface area (TPSA) is 84.2 Å². The normalized spacial score (nSPS) is 15.9. The minimum absolute atomic E-state index is 0.232. The zero-order chi connectivity index (χ0) is 22.9. The van der Waals surface area contributed by atoms with Crippen molar-refractivity contribution in [1.29, 1.82) is 0 Å². The van der Waals surface area contributed by atoms with Crippen LogP contribution in [0, 0.1) is 5.92 Å². The van der Waals surface area contributed by atoms with Crippen molar-refractivity contribution in [2.24, 2.45) is 5.92 Å². The Bertz CT molecular complexity index is 1410. The van der Waals surface area contributed by atoms with E-state index in [9.17, 15) is 4.79 Å². The van der Waals surface area contributed by atoms with E-state index in [-0.39, 0.29) is 12.2 Å². The van der Waals surface area contributed by atoms with Crippen LogP contribution >= 0.6 is 11.3 Å². The SMILES string of the molecule is COc1cc(/C=c2\sc3nc([C@@H]4COc5ccccc5O4)nn3c2=O)ccc1OCC(C)C. The molecule has 0 radical (unpaired) electrons. The molecule has 0 bridgehead atoms. The average molecular weight is 466 g/mol. The molecule has 0 saturated heterocycles. The third kappa shape index (κ3) is 4.23. The van der Waals surface area contributed by atoms with E-state index in [0.717, 1.165) is 5.56 Å². The summed E-state index contributed by atoms with van der Waals surface area (Å²) in [4.78, 5) is 18.0. The standard InChI is InChI=1S/C24H23N3O5S/c1-14(2)12-30-17-9-8-15(10-19(17)29-3)11-21-23(28)27-24(33-21)25-22(26-27)20-13-31-16-6-4-5-7-18(16)32-20/h4-11,14,20H,12-13H2,1-3H3/b21-11-/t20-/m0/s1. The van der Waals surface area contributed by atoms with Crippen molar-refractivity contribution in [2.45, 2.75) is 20.0 Å². The Morgan fingerprint density at radius 2 is 2.03 bits per heavy atom. The van der Waals surface area contributed by atoms with Gasteiger partial charge in [0, 0.05) is 0 Å². The van der Waals surface area contributed by atoms with Crippen LogP contribution in [0.3, 0.4) is 0 Å². The molecule has 0 amide bonds. The zero-order valence-corrected chi connectivity index (χ0v) is 19.3. The Hall–Kier alpha value is -3.59. The maximum atomic E-state index is 12.9. The van der Waals surface area contributed by atoms with Crippen molar-refractivity contribution in [2.75, 3.05) is 20.3 Å². The van der Waals surface area contributed by atoms with Crippen molar-refractivity contribution in [1.82, 2.24) is 14.6 Å². The number of thiazole rings is 1. The lowest BCUT2D eigenvalue weighted by atomic mass is 10.2. The van der Waals surface area contributed by atoms with Crippen LogP contribution in [0.15, 0.2) is 47.3 Å². The highest BCUT2D eigenvalue weighted by atomic mass is 32.1. The minimum Gasteiger partial charge on any atom is -0.493 e. The maximum absolute atomic E-state index is 12.9. The monoisotopic (exact) mass is 465 g/mol. The molecule has 1 aliphatic heterocycles. The molecule has 4 aromatic rings. The number of aromatic nitrogens is 3. The summed E-state index contributed by atoms with van der Waals surface area (Å²) in [5, 5.41) is 4.39. The van der Waals surface area contributed by atoms with Gasteiger partial charge in [0.25, 0.3) is 5.56 Å². The molecular weight excluding hydrogens is 442 g/mol. The molecule has 2 aromatic heterocycles. The molecule has 5 rings (SSSR count). The molecule has 9 heteroatoms. The number of benzene rings is 2. The van der Waals surface area contributed by atoms with Gasteiger partial charge in [-0.3, -0.25) is 4.79 Å². The molecule has 0 spiro atoms. The van der Waals surface area contributed by atoms with Gasteiger partial charge in [-0.2, -0.15) is 9.50 Å². The van der Waals surface area contributed by atoms with Crippen LogP contribution in [-0.2, 0) is 0 Å². The highest BCUT2D eigenvalue weighted by Crippen LogP contribution is 2.35. The van der Waals surface area contributed by atoms with Crippen LogP contribution in [0.5, 0.6) is 23.0 Å². The van der Waals surface area contributed by atoms with Crippen LogP contribution in [0.4, 0.5) is 0 Å². The number of rotatable bonds is 6. The Morgan fingerprint density at radius 3 is 2.79 bits per heavy atom. The summed E-state index contributed by atoms with van der Waals surface area (Å²) in [6.45, 7) is 5.06. The van der Waals surface area contributed by atoms with E-state index in [4.69, 9.17) is 18.9 Å². The Labute approximate surface area is 194 Å². The molecule has 1 atom stereocenters. The number of hydrogen-bond acceptors (Lipinski definition) is 8. The smallest absolute Gasteiger partial charge is 0.291 e. The first-order chi connectivity index (χ1) is 16.0.